The van der Waals surface area contributed by atoms with Gasteiger partial charge in [-0.1, -0.05) is 0 Å². The number of anilines is 1. The van der Waals surface area contributed by atoms with E-state index in [9.17, 15) is 4.79 Å². The van der Waals surface area contributed by atoms with Crippen LogP contribution in [0.3, 0.4) is 0 Å². The molecular formula is C20H28IN5O2S. The zero-order chi connectivity index (χ0) is 19.8. The molecule has 0 atom stereocenters. The van der Waals surface area contributed by atoms with E-state index in [0.29, 0.717) is 26.1 Å². The zero-order valence-corrected chi connectivity index (χ0v) is 19.9. The minimum atomic E-state index is 0. The maximum Gasteiger partial charge on any atom is 0.224 e. The van der Waals surface area contributed by atoms with Crippen LogP contribution in [0.25, 0.3) is 0 Å². The second-order valence-electron chi connectivity index (χ2n) is 6.52. The summed E-state index contributed by atoms with van der Waals surface area (Å²) in [6.45, 7) is 6.79. The number of halogens is 1. The third-order valence-electron chi connectivity index (χ3n) is 4.24. The van der Waals surface area contributed by atoms with Gasteiger partial charge in [-0.2, -0.15) is 0 Å². The smallest absolute Gasteiger partial charge is 0.224 e. The molecule has 1 aliphatic heterocycles. The van der Waals surface area contributed by atoms with Gasteiger partial charge in [0, 0.05) is 42.7 Å². The van der Waals surface area contributed by atoms with Crippen LogP contribution in [-0.4, -0.2) is 43.1 Å². The molecule has 0 saturated heterocycles. The first-order valence-electron chi connectivity index (χ1n) is 9.63. The Hall–Kier alpha value is -1.88. The number of guanidine groups is 1. The molecule has 7 nitrogen and oxygen atoms in total. The number of carbonyl (C=O) groups is 1. The van der Waals surface area contributed by atoms with Crippen LogP contribution in [0.2, 0.25) is 0 Å². The Morgan fingerprint density at radius 3 is 2.97 bits per heavy atom. The molecule has 1 aliphatic rings. The molecule has 0 bridgehead atoms. The number of aromatic nitrogens is 1. The largest absolute Gasteiger partial charge is 0.492 e. The Bertz CT molecular complexity index is 840. The lowest BCUT2D eigenvalue weighted by molar-refractivity contribution is -0.116. The zero-order valence-electron chi connectivity index (χ0n) is 16.8. The minimum Gasteiger partial charge on any atom is -0.492 e. The van der Waals surface area contributed by atoms with Crippen molar-refractivity contribution in [2.75, 3.05) is 31.6 Å². The van der Waals surface area contributed by atoms with Crippen molar-refractivity contribution in [3.05, 3.63) is 39.8 Å². The molecule has 0 aliphatic carbocycles. The standard InChI is InChI=1S/C20H27N5O2S.HI/c1-3-21-20(22-9-8-19-24-13-14(2)28-19)23-10-11-27-16-5-6-17-15(12-16)4-7-18(26)25-17;/h5-6,12-13H,3-4,7-11H2,1-2H3,(H,25,26)(H2,21,22,23);1H. The average molecular weight is 529 g/mol. The summed E-state index contributed by atoms with van der Waals surface area (Å²) in [5.74, 6) is 1.68. The molecule has 2 heterocycles. The van der Waals surface area contributed by atoms with Gasteiger partial charge in [0.05, 0.1) is 11.6 Å². The summed E-state index contributed by atoms with van der Waals surface area (Å²) in [5.41, 5.74) is 2.01. The van der Waals surface area contributed by atoms with Gasteiger partial charge in [-0.15, -0.1) is 35.3 Å². The summed E-state index contributed by atoms with van der Waals surface area (Å²) < 4.78 is 5.84. The molecule has 3 rings (SSSR count). The van der Waals surface area contributed by atoms with Gasteiger partial charge in [0.25, 0.3) is 0 Å². The van der Waals surface area contributed by atoms with Crippen molar-refractivity contribution < 1.29 is 9.53 Å². The van der Waals surface area contributed by atoms with Crippen LogP contribution in [0.4, 0.5) is 5.69 Å². The van der Waals surface area contributed by atoms with Crippen molar-refractivity contribution in [3.63, 3.8) is 0 Å². The van der Waals surface area contributed by atoms with Crippen LogP contribution >= 0.6 is 35.3 Å². The normalized spacial score (nSPS) is 13.2. The highest BCUT2D eigenvalue weighted by atomic mass is 127. The summed E-state index contributed by atoms with van der Waals surface area (Å²) in [6, 6.07) is 5.80. The van der Waals surface area contributed by atoms with Crippen molar-refractivity contribution >= 4 is 52.9 Å². The van der Waals surface area contributed by atoms with Gasteiger partial charge in [-0.05, 0) is 44.0 Å². The first-order valence-corrected chi connectivity index (χ1v) is 10.4. The van der Waals surface area contributed by atoms with Gasteiger partial charge in [0.1, 0.15) is 12.4 Å². The molecule has 1 amide bonds. The third kappa shape index (κ3) is 7.46. The molecule has 0 spiro atoms. The van der Waals surface area contributed by atoms with E-state index in [2.05, 4.69) is 32.9 Å². The Morgan fingerprint density at radius 2 is 2.21 bits per heavy atom. The fourth-order valence-electron chi connectivity index (χ4n) is 2.91. The Morgan fingerprint density at radius 1 is 1.34 bits per heavy atom. The highest BCUT2D eigenvalue weighted by molar-refractivity contribution is 14.0. The summed E-state index contributed by atoms with van der Waals surface area (Å²) >= 11 is 1.72. The Kier molecular flexibility index (Phi) is 9.65. The van der Waals surface area contributed by atoms with Crippen molar-refractivity contribution in [2.45, 2.75) is 33.1 Å². The number of fused-ring (bicyclic) bond motifs is 1. The van der Waals surface area contributed by atoms with E-state index in [1.54, 1.807) is 11.3 Å². The number of benzene rings is 1. The molecular weight excluding hydrogens is 501 g/mol. The first kappa shape index (κ1) is 23.4. The van der Waals surface area contributed by atoms with Crippen molar-refractivity contribution in [2.24, 2.45) is 4.99 Å². The van der Waals surface area contributed by atoms with Crippen LogP contribution in [0.15, 0.2) is 29.4 Å². The second kappa shape index (κ2) is 12.0. The van der Waals surface area contributed by atoms with E-state index < -0.39 is 0 Å². The highest BCUT2D eigenvalue weighted by Crippen LogP contribution is 2.26. The Balaban J connectivity index is 0.00000300. The van der Waals surface area contributed by atoms with Crippen molar-refractivity contribution in [1.82, 2.24) is 15.6 Å². The van der Waals surface area contributed by atoms with E-state index in [1.807, 2.05) is 31.3 Å². The molecule has 1 aromatic heterocycles. The number of nitrogens with one attached hydrogen (secondary N) is 3. The molecule has 0 radical (unpaired) electrons. The topological polar surface area (TPSA) is 87.6 Å². The van der Waals surface area contributed by atoms with E-state index >= 15 is 0 Å². The first-order chi connectivity index (χ1) is 13.6. The lowest BCUT2D eigenvalue weighted by atomic mass is 10.0. The summed E-state index contributed by atoms with van der Waals surface area (Å²) in [5, 5.41) is 10.5. The van der Waals surface area contributed by atoms with Crippen LogP contribution in [-0.2, 0) is 17.6 Å². The molecule has 2 aromatic rings. The van der Waals surface area contributed by atoms with Gasteiger partial charge in [-0.25, -0.2) is 4.98 Å². The number of amides is 1. The SMILES string of the molecule is CCNC(=NCCc1ncc(C)s1)NCCOc1ccc2c(c1)CCC(=O)N2.I. The quantitative estimate of drug-likeness (QED) is 0.212. The predicted octanol–water partition coefficient (Wildman–Crippen LogP) is 3.13. The van der Waals surface area contributed by atoms with Gasteiger partial charge < -0.3 is 20.7 Å². The number of thiazole rings is 1. The third-order valence-corrected chi connectivity index (χ3v) is 5.22. The number of ether oxygens (including phenoxy) is 1. The highest BCUT2D eigenvalue weighted by Gasteiger charge is 2.14. The number of aliphatic imine (C=N–C) groups is 1. The van der Waals surface area contributed by atoms with Crippen LogP contribution in [0, 0.1) is 6.92 Å². The van der Waals surface area contributed by atoms with E-state index in [0.717, 1.165) is 47.4 Å². The predicted molar refractivity (Wildman–Crippen MR) is 129 cm³/mol. The number of hydrogen-bond acceptors (Lipinski definition) is 5. The average Bonchev–Trinajstić information content (AvgIpc) is 3.10. The molecule has 0 saturated carbocycles. The fourth-order valence-corrected chi connectivity index (χ4v) is 3.69. The van der Waals surface area contributed by atoms with E-state index in [4.69, 9.17) is 4.74 Å². The summed E-state index contributed by atoms with van der Waals surface area (Å²) in [6.07, 6.45) is 4.03. The fraction of sp³-hybridized carbons (Fsp3) is 0.450. The lowest BCUT2D eigenvalue weighted by Crippen LogP contribution is -2.39. The molecule has 3 N–H and O–H groups in total. The number of hydrogen-bond donors (Lipinski definition) is 3. The van der Waals surface area contributed by atoms with Crippen LogP contribution in [0.1, 0.15) is 28.8 Å². The van der Waals surface area contributed by atoms with Gasteiger partial charge >= 0.3 is 0 Å². The summed E-state index contributed by atoms with van der Waals surface area (Å²) in [4.78, 5) is 21.6. The molecule has 9 heteroatoms. The van der Waals surface area contributed by atoms with E-state index in [1.165, 1.54) is 4.88 Å². The van der Waals surface area contributed by atoms with Crippen molar-refractivity contribution in [3.8, 4) is 5.75 Å². The molecule has 29 heavy (non-hydrogen) atoms. The second-order valence-corrected chi connectivity index (χ2v) is 7.84. The maximum absolute atomic E-state index is 11.4. The minimum absolute atomic E-state index is 0. The van der Waals surface area contributed by atoms with Crippen molar-refractivity contribution in [1.29, 1.82) is 0 Å². The van der Waals surface area contributed by atoms with Crippen LogP contribution in [0.5, 0.6) is 5.75 Å². The monoisotopic (exact) mass is 529 g/mol. The number of carbonyl (C=O) groups excluding carboxylic acids is 1. The summed E-state index contributed by atoms with van der Waals surface area (Å²) in [7, 11) is 0. The Labute approximate surface area is 192 Å². The molecule has 1 aromatic carbocycles. The number of nitrogens with zero attached hydrogens (tertiary/aromatic N) is 2. The number of aryl methyl sites for hydroxylation is 2. The molecule has 0 unspecified atom stereocenters. The van der Waals surface area contributed by atoms with E-state index in [-0.39, 0.29) is 29.9 Å². The number of rotatable bonds is 8. The van der Waals surface area contributed by atoms with Gasteiger partial charge in [-0.3, -0.25) is 9.79 Å². The van der Waals surface area contributed by atoms with Crippen LogP contribution < -0.4 is 20.7 Å². The maximum atomic E-state index is 11.4. The lowest BCUT2D eigenvalue weighted by Gasteiger charge is -2.18. The molecule has 158 valence electrons. The van der Waals surface area contributed by atoms with Gasteiger partial charge in [0.2, 0.25) is 5.91 Å². The van der Waals surface area contributed by atoms with Gasteiger partial charge in [0.15, 0.2) is 5.96 Å². The molecule has 0 fully saturated rings.